The van der Waals surface area contributed by atoms with Crippen LogP contribution in [-0.4, -0.2) is 15.1 Å². The van der Waals surface area contributed by atoms with Crippen LogP contribution in [0, 0.1) is 0 Å². The van der Waals surface area contributed by atoms with Gasteiger partial charge in [0.2, 0.25) is 0 Å². The van der Waals surface area contributed by atoms with E-state index in [1.165, 1.54) is 11.3 Å². The number of thiazole rings is 1. The molecule has 4 heteroatoms. The summed E-state index contributed by atoms with van der Waals surface area (Å²) < 4.78 is 0. The van der Waals surface area contributed by atoms with Gasteiger partial charge in [0.1, 0.15) is 5.01 Å². The predicted octanol–water partition coefficient (Wildman–Crippen LogP) is 2.43. The molecule has 0 saturated heterocycles. The van der Waals surface area contributed by atoms with Gasteiger partial charge in [-0.3, -0.25) is 4.98 Å². The number of aromatic nitrogens is 2. The number of hydrogen-bond acceptors (Lipinski definition) is 4. The lowest BCUT2D eigenvalue weighted by atomic mass is 10.1. The average Bonchev–Trinajstić information content (AvgIpc) is 2.67. The molecule has 3 nitrogen and oxygen atoms in total. The van der Waals surface area contributed by atoms with E-state index in [-0.39, 0.29) is 0 Å². The van der Waals surface area contributed by atoms with Crippen molar-refractivity contribution in [1.29, 1.82) is 0 Å². The van der Waals surface area contributed by atoms with E-state index in [1.807, 2.05) is 12.1 Å². The Balaban J connectivity index is 2.37. The number of hydrogen-bond donors (Lipinski definition) is 1. The highest BCUT2D eigenvalue weighted by Gasteiger charge is 2.19. The van der Waals surface area contributed by atoms with Gasteiger partial charge in [-0.05, 0) is 26.0 Å². The van der Waals surface area contributed by atoms with Crippen molar-refractivity contribution in [2.75, 3.05) is 0 Å². The second-order valence-electron chi connectivity index (χ2n) is 3.83. The fourth-order valence-corrected chi connectivity index (χ4v) is 2.09. The van der Waals surface area contributed by atoms with E-state index in [2.05, 4.69) is 9.97 Å². The molecular weight excluding hydrogens is 208 g/mol. The molecule has 0 saturated carbocycles. The fraction of sp³-hybridized carbons (Fsp3) is 0.273. The Labute approximate surface area is 92.5 Å². The maximum atomic E-state index is 9.80. The first-order valence-electron chi connectivity index (χ1n) is 4.66. The fourth-order valence-electron chi connectivity index (χ4n) is 1.18. The summed E-state index contributed by atoms with van der Waals surface area (Å²) in [6, 6.07) is 3.83. The number of aliphatic hydroxyl groups is 1. The molecule has 0 atom stereocenters. The van der Waals surface area contributed by atoms with Crippen LogP contribution >= 0.6 is 11.3 Å². The Morgan fingerprint density at radius 1 is 1.33 bits per heavy atom. The van der Waals surface area contributed by atoms with Gasteiger partial charge in [0, 0.05) is 24.2 Å². The minimum Gasteiger partial charge on any atom is -0.385 e. The summed E-state index contributed by atoms with van der Waals surface area (Å²) in [6.07, 6.45) is 5.22. The Hall–Kier alpha value is -1.26. The molecule has 0 fully saturated rings. The summed E-state index contributed by atoms with van der Waals surface area (Å²) in [5.41, 5.74) is 0.163. The third-order valence-electron chi connectivity index (χ3n) is 2.02. The molecular formula is C11H12N2OS. The molecule has 0 bridgehead atoms. The highest BCUT2D eigenvalue weighted by atomic mass is 32.1. The molecule has 1 N–H and O–H groups in total. The summed E-state index contributed by atoms with van der Waals surface area (Å²) in [4.78, 5) is 9.17. The zero-order chi connectivity index (χ0) is 10.9. The predicted molar refractivity (Wildman–Crippen MR) is 60.6 cm³/mol. The Bertz CT molecular complexity index is 445. The van der Waals surface area contributed by atoms with Gasteiger partial charge in [0.25, 0.3) is 0 Å². The van der Waals surface area contributed by atoms with E-state index in [4.69, 9.17) is 0 Å². The maximum absolute atomic E-state index is 9.80. The van der Waals surface area contributed by atoms with Crippen LogP contribution in [0.4, 0.5) is 0 Å². The van der Waals surface area contributed by atoms with Crippen molar-refractivity contribution < 1.29 is 5.11 Å². The molecule has 0 amide bonds. The van der Waals surface area contributed by atoms with Crippen molar-refractivity contribution in [3.63, 3.8) is 0 Å². The molecule has 2 aromatic heterocycles. The lowest BCUT2D eigenvalue weighted by Gasteiger charge is -2.13. The van der Waals surface area contributed by atoms with Crippen LogP contribution in [0.3, 0.4) is 0 Å². The van der Waals surface area contributed by atoms with Crippen LogP contribution < -0.4 is 0 Å². The normalized spacial score (nSPS) is 11.7. The van der Waals surface area contributed by atoms with Crippen LogP contribution in [0.15, 0.2) is 30.7 Å². The van der Waals surface area contributed by atoms with Crippen molar-refractivity contribution in [2.45, 2.75) is 19.4 Å². The number of rotatable bonds is 2. The minimum absolute atomic E-state index is 0.821. The summed E-state index contributed by atoms with van der Waals surface area (Å²) in [6.45, 7) is 3.51. The highest BCUT2D eigenvalue weighted by molar-refractivity contribution is 7.15. The number of pyridine rings is 1. The molecule has 0 radical (unpaired) electrons. The molecule has 0 aliphatic carbocycles. The van der Waals surface area contributed by atoms with E-state index in [1.54, 1.807) is 32.4 Å². The summed E-state index contributed by atoms with van der Waals surface area (Å²) >= 11 is 1.49. The van der Waals surface area contributed by atoms with Crippen molar-refractivity contribution >= 4 is 11.3 Å². The van der Waals surface area contributed by atoms with Gasteiger partial charge in [0.05, 0.1) is 10.5 Å². The molecule has 15 heavy (non-hydrogen) atoms. The van der Waals surface area contributed by atoms with Gasteiger partial charge in [-0.2, -0.15) is 0 Å². The lowest BCUT2D eigenvalue weighted by Crippen LogP contribution is -2.12. The second kappa shape index (κ2) is 3.72. The monoisotopic (exact) mass is 220 g/mol. The van der Waals surface area contributed by atoms with Crippen molar-refractivity contribution in [3.8, 4) is 10.6 Å². The lowest BCUT2D eigenvalue weighted by molar-refractivity contribution is 0.0823. The standard InChI is InChI=1S/C11H12N2OS/c1-11(2,14)9-7-13-10(15-9)8-4-3-5-12-6-8/h3-7,14H,1-2H3. The van der Waals surface area contributed by atoms with Crippen molar-refractivity contribution in [3.05, 3.63) is 35.6 Å². The Morgan fingerprint density at radius 2 is 2.13 bits per heavy atom. The first-order valence-corrected chi connectivity index (χ1v) is 5.48. The molecule has 0 aromatic carbocycles. The average molecular weight is 220 g/mol. The molecule has 2 rings (SSSR count). The molecule has 0 unspecified atom stereocenters. The summed E-state index contributed by atoms with van der Waals surface area (Å²) in [5.74, 6) is 0. The molecule has 0 spiro atoms. The van der Waals surface area contributed by atoms with Crippen molar-refractivity contribution in [1.82, 2.24) is 9.97 Å². The van der Waals surface area contributed by atoms with Gasteiger partial charge in [-0.25, -0.2) is 4.98 Å². The number of nitrogens with zero attached hydrogens (tertiary/aromatic N) is 2. The van der Waals surface area contributed by atoms with Gasteiger partial charge < -0.3 is 5.11 Å². The minimum atomic E-state index is -0.821. The van der Waals surface area contributed by atoms with Crippen LogP contribution in [0.2, 0.25) is 0 Å². The molecule has 0 aliphatic heterocycles. The van der Waals surface area contributed by atoms with E-state index in [0.717, 1.165) is 15.4 Å². The maximum Gasteiger partial charge on any atom is 0.125 e. The smallest absolute Gasteiger partial charge is 0.125 e. The van der Waals surface area contributed by atoms with Crippen LogP contribution in [-0.2, 0) is 5.60 Å². The van der Waals surface area contributed by atoms with Crippen molar-refractivity contribution in [2.24, 2.45) is 0 Å². The van der Waals surface area contributed by atoms with Gasteiger partial charge in [-0.1, -0.05) is 0 Å². The third kappa shape index (κ3) is 2.22. The van der Waals surface area contributed by atoms with Crippen LogP contribution in [0.1, 0.15) is 18.7 Å². The van der Waals surface area contributed by atoms with E-state index >= 15 is 0 Å². The quantitative estimate of drug-likeness (QED) is 0.845. The SMILES string of the molecule is CC(C)(O)c1cnc(-c2cccnc2)s1. The first kappa shape index (κ1) is 10.3. The van der Waals surface area contributed by atoms with E-state index < -0.39 is 5.60 Å². The van der Waals surface area contributed by atoms with E-state index in [0.29, 0.717) is 0 Å². The largest absolute Gasteiger partial charge is 0.385 e. The molecule has 2 heterocycles. The zero-order valence-electron chi connectivity index (χ0n) is 8.64. The summed E-state index contributed by atoms with van der Waals surface area (Å²) in [5, 5.41) is 10.7. The Morgan fingerprint density at radius 3 is 2.67 bits per heavy atom. The first-order chi connectivity index (χ1) is 7.07. The van der Waals surface area contributed by atoms with Crippen LogP contribution in [0.25, 0.3) is 10.6 Å². The second-order valence-corrected chi connectivity index (χ2v) is 4.86. The highest BCUT2D eigenvalue weighted by Crippen LogP contribution is 2.30. The molecule has 0 aliphatic rings. The van der Waals surface area contributed by atoms with Gasteiger partial charge in [0.15, 0.2) is 0 Å². The third-order valence-corrected chi connectivity index (χ3v) is 3.38. The zero-order valence-corrected chi connectivity index (χ0v) is 9.45. The van der Waals surface area contributed by atoms with Gasteiger partial charge >= 0.3 is 0 Å². The molecule has 2 aromatic rings. The van der Waals surface area contributed by atoms with E-state index in [9.17, 15) is 5.11 Å². The summed E-state index contributed by atoms with van der Waals surface area (Å²) in [7, 11) is 0. The van der Waals surface area contributed by atoms with Gasteiger partial charge in [-0.15, -0.1) is 11.3 Å². The van der Waals surface area contributed by atoms with Crippen LogP contribution in [0.5, 0.6) is 0 Å². The topological polar surface area (TPSA) is 46.0 Å². The Kier molecular flexibility index (Phi) is 2.54. The molecule has 78 valence electrons.